The van der Waals surface area contributed by atoms with Gasteiger partial charge in [0.25, 0.3) is 0 Å². The quantitative estimate of drug-likeness (QED) is 0.131. The summed E-state index contributed by atoms with van der Waals surface area (Å²) in [6, 6.07) is 35.7. The standard InChI is InChI=1S/C17H9N4.C16H12N2.Ir/c1-2-6-14-11(4-1)10-15-16-12(5-3-8-18-16)13-7-9-19-20-17(13)21(14)15;1-17-10-16-14-8-3-2-6-12(14)13-7-4-5-9-15(13)18(16)11-17;/h1-9H;2-8,10-11H,1H3;/q-1;-2;+3. The fraction of sp³-hybridized carbons (Fsp3) is 0.0303. The van der Waals surface area contributed by atoms with E-state index in [-0.39, 0.29) is 20.1 Å². The van der Waals surface area contributed by atoms with E-state index in [0.29, 0.717) is 0 Å². The molecular formula is C33H21IrN6. The molecule has 0 unspecified atom stereocenters. The van der Waals surface area contributed by atoms with Crippen LogP contribution in [0.15, 0.2) is 104 Å². The monoisotopic (exact) mass is 694 g/mol. The SMILES string of the molecule is CN1C=C2c3ccccc3-c3ccc[c-]c3N2[CH-]1.[Ir+3].[c-]1c2ccccc2n2c1c1ncccc1c1ccnnc12. The van der Waals surface area contributed by atoms with Crippen molar-refractivity contribution < 1.29 is 20.1 Å². The van der Waals surface area contributed by atoms with Crippen LogP contribution in [-0.2, 0) is 20.1 Å². The number of hydrogen-bond acceptors (Lipinski definition) is 5. The third-order valence-corrected chi connectivity index (χ3v) is 7.31. The predicted octanol–water partition coefficient (Wildman–Crippen LogP) is 6.72. The van der Waals surface area contributed by atoms with Crippen LogP contribution >= 0.6 is 0 Å². The molecule has 0 N–H and O–H groups in total. The molecule has 9 rings (SSSR count). The molecule has 3 aromatic carbocycles. The number of rotatable bonds is 0. The summed E-state index contributed by atoms with van der Waals surface area (Å²) in [6.45, 7) is 2.10. The van der Waals surface area contributed by atoms with Gasteiger partial charge in [-0.15, -0.1) is 34.2 Å². The Labute approximate surface area is 244 Å². The molecule has 0 fully saturated rings. The minimum atomic E-state index is 0. The van der Waals surface area contributed by atoms with Crippen LogP contribution < -0.4 is 4.90 Å². The van der Waals surface area contributed by atoms with Crippen molar-refractivity contribution in [1.29, 1.82) is 0 Å². The average molecular weight is 694 g/mol. The van der Waals surface area contributed by atoms with Crippen LogP contribution in [0.2, 0.25) is 0 Å². The largest absolute Gasteiger partial charge is 3.00 e. The second kappa shape index (κ2) is 9.56. The Kier molecular flexibility index (Phi) is 5.84. The van der Waals surface area contributed by atoms with Crippen molar-refractivity contribution >= 4 is 49.7 Å². The van der Waals surface area contributed by atoms with E-state index in [0.717, 1.165) is 44.0 Å². The van der Waals surface area contributed by atoms with Gasteiger partial charge in [-0.1, -0.05) is 53.7 Å². The second-order valence-corrected chi connectivity index (χ2v) is 9.64. The van der Waals surface area contributed by atoms with Crippen molar-refractivity contribution in [2.45, 2.75) is 0 Å². The Hall–Kier alpha value is -4.58. The number of hydrogen-bond donors (Lipinski definition) is 0. The maximum atomic E-state index is 4.55. The molecule has 6 nitrogen and oxygen atoms in total. The fourth-order valence-corrected chi connectivity index (χ4v) is 5.67. The smallest absolute Gasteiger partial charge is 0.510 e. The number of aromatic nitrogens is 4. The summed E-state index contributed by atoms with van der Waals surface area (Å²) in [4.78, 5) is 8.85. The van der Waals surface area contributed by atoms with Gasteiger partial charge in [-0.05, 0) is 47.4 Å². The number of para-hydroxylation sites is 2. The number of anilines is 1. The molecule has 7 aromatic rings. The first-order chi connectivity index (χ1) is 19.3. The van der Waals surface area contributed by atoms with Crippen molar-refractivity contribution in [3.8, 4) is 11.1 Å². The number of nitrogens with zero attached hydrogens (tertiary/aromatic N) is 6. The Bertz CT molecular complexity index is 2100. The molecule has 192 valence electrons. The van der Waals surface area contributed by atoms with Gasteiger partial charge in [-0.3, -0.25) is 0 Å². The summed E-state index contributed by atoms with van der Waals surface area (Å²) >= 11 is 0. The summed E-state index contributed by atoms with van der Waals surface area (Å²) in [5.41, 5.74) is 9.97. The van der Waals surface area contributed by atoms with E-state index in [1.165, 1.54) is 22.4 Å². The van der Waals surface area contributed by atoms with Gasteiger partial charge in [0.05, 0.1) is 6.20 Å². The third-order valence-electron chi connectivity index (χ3n) is 7.31. The number of fused-ring (bicyclic) bond motifs is 14. The molecule has 7 heteroatoms. The van der Waals surface area contributed by atoms with Gasteiger partial charge in [0.15, 0.2) is 5.65 Å². The van der Waals surface area contributed by atoms with E-state index in [1.807, 2.05) is 42.6 Å². The van der Waals surface area contributed by atoms with Gasteiger partial charge in [-0.25, -0.2) is 0 Å². The average Bonchev–Trinajstić information content (AvgIpc) is 3.59. The van der Waals surface area contributed by atoms with E-state index in [9.17, 15) is 0 Å². The van der Waals surface area contributed by atoms with Crippen LogP contribution in [-0.4, -0.2) is 31.5 Å². The summed E-state index contributed by atoms with van der Waals surface area (Å²) in [5, 5.41) is 11.6. The van der Waals surface area contributed by atoms with E-state index in [2.05, 4.69) is 110 Å². The summed E-state index contributed by atoms with van der Waals surface area (Å²) in [7, 11) is 2.05. The molecular weight excluding hydrogens is 673 g/mol. The topological polar surface area (TPSA) is 49.6 Å². The minimum Gasteiger partial charge on any atom is -0.510 e. The molecule has 0 saturated carbocycles. The zero-order chi connectivity index (χ0) is 25.9. The van der Waals surface area contributed by atoms with Crippen LogP contribution in [0.4, 0.5) is 5.69 Å². The van der Waals surface area contributed by atoms with Gasteiger partial charge in [0, 0.05) is 22.8 Å². The molecule has 6 heterocycles. The fourth-order valence-electron chi connectivity index (χ4n) is 5.67. The van der Waals surface area contributed by atoms with Crippen LogP contribution in [0, 0.1) is 18.8 Å². The number of benzene rings is 3. The maximum absolute atomic E-state index is 4.55. The van der Waals surface area contributed by atoms with Crippen LogP contribution in [0.1, 0.15) is 5.56 Å². The van der Waals surface area contributed by atoms with E-state index < -0.39 is 0 Å². The van der Waals surface area contributed by atoms with Crippen molar-refractivity contribution in [2.75, 3.05) is 11.9 Å². The molecule has 0 aliphatic carbocycles. The molecule has 0 radical (unpaired) electrons. The van der Waals surface area contributed by atoms with Gasteiger partial charge in [0.1, 0.15) is 0 Å². The second-order valence-electron chi connectivity index (χ2n) is 9.64. The Morgan fingerprint density at radius 3 is 2.55 bits per heavy atom. The van der Waals surface area contributed by atoms with Gasteiger partial charge >= 0.3 is 20.1 Å². The van der Waals surface area contributed by atoms with Crippen LogP contribution in [0.5, 0.6) is 0 Å². The maximum Gasteiger partial charge on any atom is 3.00 e. The predicted molar refractivity (Wildman–Crippen MR) is 155 cm³/mol. The minimum absolute atomic E-state index is 0. The van der Waals surface area contributed by atoms with Crippen molar-refractivity contribution in [3.63, 3.8) is 0 Å². The Morgan fingerprint density at radius 2 is 1.62 bits per heavy atom. The first-order valence-corrected chi connectivity index (χ1v) is 12.8. The zero-order valence-electron chi connectivity index (χ0n) is 21.4. The molecule has 2 aliphatic rings. The summed E-state index contributed by atoms with van der Waals surface area (Å²) in [5.74, 6) is 0. The summed E-state index contributed by atoms with van der Waals surface area (Å²) < 4.78 is 2.09. The van der Waals surface area contributed by atoms with Gasteiger partial charge in [-0.2, -0.15) is 36.0 Å². The molecule has 0 bridgehead atoms. The van der Waals surface area contributed by atoms with Gasteiger partial charge < -0.3 is 19.2 Å². The third kappa shape index (κ3) is 3.63. The molecule has 0 saturated heterocycles. The Balaban J connectivity index is 0.000000131. The van der Waals surface area contributed by atoms with E-state index in [1.54, 1.807) is 6.20 Å². The van der Waals surface area contributed by atoms with Crippen LogP contribution in [0.25, 0.3) is 55.2 Å². The molecule has 0 amide bonds. The molecule has 4 aromatic heterocycles. The first kappa shape index (κ1) is 24.5. The molecule has 0 atom stereocenters. The van der Waals surface area contributed by atoms with Gasteiger partial charge in [0.2, 0.25) is 0 Å². The van der Waals surface area contributed by atoms with Crippen LogP contribution in [0.3, 0.4) is 0 Å². The van der Waals surface area contributed by atoms with Crippen molar-refractivity contribution in [2.24, 2.45) is 0 Å². The molecule has 40 heavy (non-hydrogen) atoms. The zero-order valence-corrected chi connectivity index (χ0v) is 23.8. The first-order valence-electron chi connectivity index (χ1n) is 12.8. The molecule has 0 spiro atoms. The van der Waals surface area contributed by atoms with Crippen molar-refractivity contribution in [1.82, 2.24) is 24.5 Å². The molecule has 2 aliphatic heterocycles. The Morgan fingerprint density at radius 1 is 0.800 bits per heavy atom. The van der Waals surface area contributed by atoms with E-state index >= 15 is 0 Å². The normalized spacial score (nSPS) is 13.4. The van der Waals surface area contributed by atoms with E-state index in [4.69, 9.17) is 0 Å². The summed E-state index contributed by atoms with van der Waals surface area (Å²) in [6.07, 6.45) is 5.69. The number of pyridine rings is 2. The van der Waals surface area contributed by atoms with Crippen molar-refractivity contribution in [3.05, 3.63) is 128 Å².